The van der Waals surface area contributed by atoms with Gasteiger partial charge in [-0.15, -0.1) is 12.4 Å². The second kappa shape index (κ2) is 4.09. The Bertz CT molecular complexity index is 238. The van der Waals surface area contributed by atoms with Crippen LogP contribution in [-0.4, -0.2) is 7.11 Å². The molecule has 1 aromatic rings. The molecule has 0 spiro atoms. The van der Waals surface area contributed by atoms with Crippen molar-refractivity contribution in [3.63, 3.8) is 0 Å². The van der Waals surface area contributed by atoms with Gasteiger partial charge < -0.3 is 10.5 Å². The molecule has 0 heterocycles. The first-order valence-electron chi connectivity index (χ1n) is 3.14. The third-order valence-corrected chi connectivity index (χ3v) is 1.43. The minimum Gasteiger partial charge on any atom is -0.496 e. The smallest absolute Gasteiger partial charge is 0.123 e. The topological polar surface area (TPSA) is 35.2 Å². The average molecular weight is 174 g/mol. The lowest BCUT2D eigenvalue weighted by atomic mass is 10.2. The summed E-state index contributed by atoms with van der Waals surface area (Å²) < 4.78 is 5.05. The Morgan fingerprint density at radius 1 is 1.36 bits per heavy atom. The molecular weight excluding hydrogens is 162 g/mol. The molecule has 0 atom stereocenters. The molecule has 0 unspecified atom stereocenters. The van der Waals surface area contributed by atoms with Crippen LogP contribution < -0.4 is 10.5 Å². The Morgan fingerprint density at radius 2 is 2.00 bits per heavy atom. The fourth-order valence-electron chi connectivity index (χ4n) is 0.837. The van der Waals surface area contributed by atoms with E-state index in [2.05, 4.69) is 0 Å². The summed E-state index contributed by atoms with van der Waals surface area (Å²) in [4.78, 5) is 0. The monoisotopic (exact) mass is 173 g/mol. The van der Waals surface area contributed by atoms with Crippen LogP contribution in [0, 0.1) is 6.92 Å². The van der Waals surface area contributed by atoms with E-state index < -0.39 is 0 Å². The molecule has 0 aliphatic carbocycles. The Balaban J connectivity index is 0.000001000. The lowest BCUT2D eigenvalue weighted by molar-refractivity contribution is 0.412. The van der Waals surface area contributed by atoms with E-state index in [9.17, 15) is 0 Å². The van der Waals surface area contributed by atoms with E-state index in [0.717, 1.165) is 17.0 Å². The summed E-state index contributed by atoms with van der Waals surface area (Å²) >= 11 is 0. The van der Waals surface area contributed by atoms with Gasteiger partial charge in [-0.25, -0.2) is 0 Å². The number of aryl methyl sites for hydroxylation is 1. The second-order valence-corrected chi connectivity index (χ2v) is 2.23. The summed E-state index contributed by atoms with van der Waals surface area (Å²) in [5, 5.41) is 0. The van der Waals surface area contributed by atoms with Gasteiger partial charge in [-0.05, 0) is 18.6 Å². The van der Waals surface area contributed by atoms with E-state index in [4.69, 9.17) is 10.5 Å². The first kappa shape index (κ1) is 10.1. The van der Waals surface area contributed by atoms with Gasteiger partial charge in [0.2, 0.25) is 0 Å². The fraction of sp³-hybridized carbons (Fsp3) is 0.250. The highest BCUT2D eigenvalue weighted by Gasteiger charge is 1.95. The van der Waals surface area contributed by atoms with Crippen LogP contribution in [0.3, 0.4) is 0 Å². The fourth-order valence-corrected chi connectivity index (χ4v) is 0.837. The van der Waals surface area contributed by atoms with Gasteiger partial charge in [-0.3, -0.25) is 0 Å². The maximum absolute atomic E-state index is 5.52. The number of nitrogen functional groups attached to an aromatic ring is 1. The average Bonchev–Trinajstić information content (AvgIpc) is 1.94. The summed E-state index contributed by atoms with van der Waals surface area (Å²) in [5.74, 6) is 0.847. The van der Waals surface area contributed by atoms with E-state index in [1.807, 2.05) is 25.1 Å². The maximum Gasteiger partial charge on any atom is 0.123 e. The normalized spacial score (nSPS) is 8.55. The van der Waals surface area contributed by atoms with Crippen LogP contribution in [0.2, 0.25) is 0 Å². The van der Waals surface area contributed by atoms with Gasteiger partial charge in [-0.1, -0.05) is 6.07 Å². The molecule has 3 heteroatoms. The van der Waals surface area contributed by atoms with Crippen molar-refractivity contribution in [1.29, 1.82) is 0 Å². The van der Waals surface area contributed by atoms with Crippen molar-refractivity contribution < 1.29 is 4.74 Å². The molecule has 0 aliphatic rings. The summed E-state index contributed by atoms with van der Waals surface area (Å²) in [7, 11) is 1.64. The van der Waals surface area contributed by atoms with Crippen molar-refractivity contribution in [1.82, 2.24) is 0 Å². The third-order valence-electron chi connectivity index (χ3n) is 1.43. The van der Waals surface area contributed by atoms with E-state index in [1.165, 1.54) is 0 Å². The molecule has 0 aromatic heterocycles. The summed E-state index contributed by atoms with van der Waals surface area (Å²) in [6, 6.07) is 5.61. The van der Waals surface area contributed by atoms with Crippen molar-refractivity contribution in [3.8, 4) is 5.75 Å². The van der Waals surface area contributed by atoms with Gasteiger partial charge >= 0.3 is 0 Å². The Hall–Kier alpha value is -0.890. The maximum atomic E-state index is 5.52. The van der Waals surface area contributed by atoms with Crippen molar-refractivity contribution in [2.45, 2.75) is 6.92 Å². The standard InChI is InChI=1S/C8H11NO.ClH/c1-6-3-4-7(9)5-8(6)10-2;/h3-5H,9H2,1-2H3;1H. The van der Waals surface area contributed by atoms with Gasteiger partial charge in [0.15, 0.2) is 0 Å². The van der Waals surface area contributed by atoms with Crippen molar-refractivity contribution in [2.24, 2.45) is 0 Å². The Morgan fingerprint density at radius 3 is 2.45 bits per heavy atom. The van der Waals surface area contributed by atoms with Gasteiger partial charge in [0.25, 0.3) is 0 Å². The highest BCUT2D eigenvalue weighted by molar-refractivity contribution is 5.85. The molecule has 0 aliphatic heterocycles. The zero-order valence-corrected chi connectivity index (χ0v) is 7.44. The molecular formula is C8H12ClNO. The zero-order valence-electron chi connectivity index (χ0n) is 6.63. The number of rotatable bonds is 1. The largest absolute Gasteiger partial charge is 0.496 e. The predicted octanol–water partition coefficient (Wildman–Crippen LogP) is 2.01. The molecule has 1 aromatic carbocycles. The molecule has 62 valence electrons. The highest BCUT2D eigenvalue weighted by atomic mass is 35.5. The molecule has 0 fully saturated rings. The number of halogens is 1. The van der Waals surface area contributed by atoms with Crippen molar-refractivity contribution >= 4 is 18.1 Å². The Labute approximate surface area is 72.8 Å². The number of ether oxygens (including phenoxy) is 1. The first-order valence-corrected chi connectivity index (χ1v) is 3.14. The third kappa shape index (κ3) is 2.31. The lowest BCUT2D eigenvalue weighted by Crippen LogP contribution is -1.89. The van der Waals surface area contributed by atoms with Crippen LogP contribution in [0.25, 0.3) is 0 Å². The predicted molar refractivity (Wildman–Crippen MR) is 49.4 cm³/mol. The Kier molecular flexibility index (Phi) is 3.76. The molecule has 0 saturated carbocycles. The number of benzene rings is 1. The molecule has 0 bridgehead atoms. The summed E-state index contributed by atoms with van der Waals surface area (Å²) in [6.07, 6.45) is 0. The SMILES string of the molecule is COc1cc(N)ccc1C.Cl. The second-order valence-electron chi connectivity index (χ2n) is 2.23. The number of hydrogen-bond donors (Lipinski definition) is 1. The minimum atomic E-state index is 0. The van der Waals surface area contributed by atoms with Crippen LogP contribution in [0.15, 0.2) is 18.2 Å². The van der Waals surface area contributed by atoms with Crippen LogP contribution >= 0.6 is 12.4 Å². The van der Waals surface area contributed by atoms with Crippen LogP contribution in [0.5, 0.6) is 5.75 Å². The van der Waals surface area contributed by atoms with Gasteiger partial charge in [-0.2, -0.15) is 0 Å². The quantitative estimate of drug-likeness (QED) is 0.660. The molecule has 0 radical (unpaired) electrons. The number of methoxy groups -OCH3 is 1. The van der Waals surface area contributed by atoms with E-state index in [1.54, 1.807) is 7.11 Å². The molecule has 2 N–H and O–H groups in total. The van der Waals surface area contributed by atoms with E-state index in [-0.39, 0.29) is 12.4 Å². The van der Waals surface area contributed by atoms with Crippen molar-refractivity contribution in [3.05, 3.63) is 23.8 Å². The molecule has 0 saturated heterocycles. The molecule has 11 heavy (non-hydrogen) atoms. The highest BCUT2D eigenvalue weighted by Crippen LogP contribution is 2.19. The van der Waals surface area contributed by atoms with Gasteiger partial charge in [0.05, 0.1) is 7.11 Å². The number of hydrogen-bond acceptors (Lipinski definition) is 2. The lowest BCUT2D eigenvalue weighted by Gasteiger charge is -2.03. The van der Waals surface area contributed by atoms with Crippen LogP contribution in [0.4, 0.5) is 5.69 Å². The molecule has 0 amide bonds. The van der Waals surface area contributed by atoms with Gasteiger partial charge in [0.1, 0.15) is 5.75 Å². The molecule has 1 rings (SSSR count). The van der Waals surface area contributed by atoms with E-state index in [0.29, 0.717) is 0 Å². The van der Waals surface area contributed by atoms with Crippen LogP contribution in [0.1, 0.15) is 5.56 Å². The first-order chi connectivity index (χ1) is 4.74. The number of nitrogens with two attached hydrogens (primary N) is 1. The van der Waals surface area contributed by atoms with Crippen molar-refractivity contribution in [2.75, 3.05) is 12.8 Å². The summed E-state index contributed by atoms with van der Waals surface area (Å²) in [6.45, 7) is 1.98. The minimum absolute atomic E-state index is 0. The van der Waals surface area contributed by atoms with Gasteiger partial charge in [0, 0.05) is 11.8 Å². The summed E-state index contributed by atoms with van der Waals surface area (Å²) in [5.41, 5.74) is 7.37. The zero-order chi connectivity index (χ0) is 7.56. The van der Waals surface area contributed by atoms with Crippen LogP contribution in [-0.2, 0) is 0 Å². The number of anilines is 1. The molecule has 2 nitrogen and oxygen atoms in total. The van der Waals surface area contributed by atoms with E-state index >= 15 is 0 Å².